The van der Waals surface area contributed by atoms with E-state index in [0.29, 0.717) is 11.6 Å². The van der Waals surface area contributed by atoms with Crippen molar-refractivity contribution in [3.8, 4) is 0 Å². The molecule has 1 amide bonds. The van der Waals surface area contributed by atoms with Crippen molar-refractivity contribution in [2.45, 2.75) is 44.8 Å². The van der Waals surface area contributed by atoms with Gasteiger partial charge in [-0.25, -0.2) is 9.97 Å². The molecule has 1 aliphatic heterocycles. The molecule has 7 heteroatoms. The fourth-order valence-electron chi connectivity index (χ4n) is 2.76. The van der Waals surface area contributed by atoms with Gasteiger partial charge in [0.15, 0.2) is 5.01 Å². The van der Waals surface area contributed by atoms with E-state index in [1.807, 2.05) is 23.2 Å². The standard InChI is InChI=1S/C16H22N4O2S/c1-3-4-5-11-10-23-16(18-11)15(21)19-12-6-9-22-13(12)14-17-7-8-20(14)2/h7-8,10,12-13H,3-6,9H2,1-2H3,(H,19,21)/t12-,13-/m0/s1. The topological polar surface area (TPSA) is 69.0 Å². The summed E-state index contributed by atoms with van der Waals surface area (Å²) in [5.41, 5.74) is 1.00. The Balaban J connectivity index is 1.65. The van der Waals surface area contributed by atoms with Gasteiger partial charge in [-0.05, 0) is 19.3 Å². The Morgan fingerprint density at radius 2 is 2.43 bits per heavy atom. The van der Waals surface area contributed by atoms with E-state index in [4.69, 9.17) is 4.74 Å². The molecule has 3 rings (SSSR count). The highest BCUT2D eigenvalue weighted by Gasteiger charge is 2.34. The van der Waals surface area contributed by atoms with Crippen molar-refractivity contribution < 1.29 is 9.53 Å². The summed E-state index contributed by atoms with van der Waals surface area (Å²) in [4.78, 5) is 21.2. The summed E-state index contributed by atoms with van der Waals surface area (Å²) in [5.74, 6) is 0.725. The van der Waals surface area contributed by atoms with Crippen LogP contribution < -0.4 is 5.32 Å². The van der Waals surface area contributed by atoms with E-state index in [2.05, 4.69) is 22.2 Å². The van der Waals surface area contributed by atoms with Gasteiger partial charge in [-0.15, -0.1) is 11.3 Å². The van der Waals surface area contributed by atoms with Gasteiger partial charge in [0.1, 0.15) is 11.9 Å². The highest BCUT2D eigenvalue weighted by Crippen LogP contribution is 2.28. The maximum Gasteiger partial charge on any atom is 0.280 e. The minimum atomic E-state index is -0.196. The molecule has 0 spiro atoms. The molecule has 2 aromatic heterocycles. The molecule has 23 heavy (non-hydrogen) atoms. The number of nitrogens with zero attached hydrogens (tertiary/aromatic N) is 3. The van der Waals surface area contributed by atoms with Crippen LogP contribution in [-0.4, -0.2) is 33.1 Å². The molecule has 124 valence electrons. The normalized spacial score (nSPS) is 20.8. The van der Waals surface area contributed by atoms with E-state index in [9.17, 15) is 4.79 Å². The second-order valence-electron chi connectivity index (χ2n) is 5.80. The fourth-order valence-corrected chi connectivity index (χ4v) is 3.51. The molecule has 2 atom stereocenters. The van der Waals surface area contributed by atoms with Crippen LogP contribution in [0.3, 0.4) is 0 Å². The Morgan fingerprint density at radius 1 is 1.57 bits per heavy atom. The quantitative estimate of drug-likeness (QED) is 0.881. The van der Waals surface area contributed by atoms with Crippen molar-refractivity contribution in [1.82, 2.24) is 19.9 Å². The number of hydrogen-bond donors (Lipinski definition) is 1. The maximum absolute atomic E-state index is 12.4. The molecule has 0 radical (unpaired) electrons. The Hall–Kier alpha value is -1.73. The third-order valence-electron chi connectivity index (χ3n) is 4.05. The molecule has 0 aliphatic carbocycles. The van der Waals surface area contributed by atoms with Gasteiger partial charge in [-0.3, -0.25) is 4.79 Å². The zero-order valence-corrected chi connectivity index (χ0v) is 14.3. The van der Waals surface area contributed by atoms with Crippen molar-refractivity contribution in [3.05, 3.63) is 34.3 Å². The Labute approximate surface area is 139 Å². The lowest BCUT2D eigenvalue weighted by Crippen LogP contribution is -2.37. The Morgan fingerprint density at radius 3 is 3.17 bits per heavy atom. The summed E-state index contributed by atoms with van der Waals surface area (Å²) in [6.07, 6.45) is 7.39. The van der Waals surface area contributed by atoms with Crippen LogP contribution in [-0.2, 0) is 18.2 Å². The number of hydrogen-bond acceptors (Lipinski definition) is 5. The lowest BCUT2D eigenvalue weighted by atomic mass is 10.1. The zero-order chi connectivity index (χ0) is 16.2. The van der Waals surface area contributed by atoms with Crippen molar-refractivity contribution >= 4 is 17.2 Å². The van der Waals surface area contributed by atoms with Gasteiger partial charge >= 0.3 is 0 Å². The molecule has 0 aromatic carbocycles. The summed E-state index contributed by atoms with van der Waals surface area (Å²) in [7, 11) is 1.93. The van der Waals surface area contributed by atoms with Gasteiger partial charge in [0, 0.05) is 31.4 Å². The largest absolute Gasteiger partial charge is 0.368 e. The molecular formula is C16H22N4O2S. The number of carbonyl (C=O) groups excluding carboxylic acids is 1. The predicted molar refractivity (Wildman–Crippen MR) is 88.5 cm³/mol. The van der Waals surface area contributed by atoms with Crippen molar-refractivity contribution in [2.24, 2.45) is 7.05 Å². The summed E-state index contributed by atoms with van der Waals surface area (Å²) >= 11 is 1.41. The van der Waals surface area contributed by atoms with Gasteiger partial charge in [-0.2, -0.15) is 0 Å². The smallest absolute Gasteiger partial charge is 0.280 e. The number of thiazole rings is 1. The number of nitrogens with one attached hydrogen (secondary N) is 1. The Kier molecular flexibility index (Phi) is 5.07. The number of rotatable bonds is 6. The monoisotopic (exact) mass is 334 g/mol. The molecule has 1 saturated heterocycles. The van der Waals surface area contributed by atoms with E-state index >= 15 is 0 Å². The van der Waals surface area contributed by atoms with Crippen molar-refractivity contribution in [3.63, 3.8) is 0 Å². The lowest BCUT2D eigenvalue weighted by molar-refractivity contribution is 0.0779. The third kappa shape index (κ3) is 3.61. The van der Waals surface area contributed by atoms with Crippen LogP contribution in [0.2, 0.25) is 0 Å². The molecule has 0 bridgehead atoms. The van der Waals surface area contributed by atoms with E-state index in [-0.39, 0.29) is 18.1 Å². The average molecular weight is 334 g/mol. The minimum Gasteiger partial charge on any atom is -0.368 e. The number of amides is 1. The van der Waals surface area contributed by atoms with Crippen LogP contribution in [0.5, 0.6) is 0 Å². The van der Waals surface area contributed by atoms with Crippen LogP contribution >= 0.6 is 11.3 Å². The van der Waals surface area contributed by atoms with Gasteiger partial charge < -0.3 is 14.6 Å². The van der Waals surface area contributed by atoms with E-state index < -0.39 is 0 Å². The highest BCUT2D eigenvalue weighted by molar-refractivity contribution is 7.11. The fraction of sp³-hybridized carbons (Fsp3) is 0.562. The molecule has 0 saturated carbocycles. The van der Waals surface area contributed by atoms with Gasteiger partial charge in [-0.1, -0.05) is 13.3 Å². The number of ether oxygens (including phenoxy) is 1. The predicted octanol–water partition coefficient (Wildman–Crippen LogP) is 2.48. The van der Waals surface area contributed by atoms with Gasteiger partial charge in [0.25, 0.3) is 5.91 Å². The first-order valence-electron chi connectivity index (χ1n) is 8.03. The second kappa shape index (κ2) is 7.23. The summed E-state index contributed by atoms with van der Waals surface area (Å²) < 4.78 is 7.70. The van der Waals surface area contributed by atoms with Crippen LogP contribution in [0.4, 0.5) is 0 Å². The number of unbranched alkanes of at least 4 members (excludes halogenated alkanes) is 1. The number of imidazole rings is 1. The van der Waals surface area contributed by atoms with Gasteiger partial charge in [0.05, 0.1) is 11.7 Å². The van der Waals surface area contributed by atoms with Crippen LogP contribution in [0.1, 0.15) is 53.6 Å². The van der Waals surface area contributed by atoms with Crippen LogP contribution in [0, 0.1) is 0 Å². The first-order chi connectivity index (χ1) is 11.2. The summed E-state index contributed by atoms with van der Waals surface area (Å²) in [6.45, 7) is 2.78. The van der Waals surface area contributed by atoms with Crippen molar-refractivity contribution in [1.29, 1.82) is 0 Å². The second-order valence-corrected chi connectivity index (χ2v) is 6.66. The molecule has 2 aromatic rings. The van der Waals surface area contributed by atoms with Crippen molar-refractivity contribution in [2.75, 3.05) is 6.61 Å². The van der Waals surface area contributed by atoms with Crippen LogP contribution in [0.15, 0.2) is 17.8 Å². The van der Waals surface area contributed by atoms with Crippen LogP contribution in [0.25, 0.3) is 0 Å². The Bertz CT molecular complexity index is 667. The maximum atomic E-state index is 12.4. The highest BCUT2D eigenvalue weighted by atomic mass is 32.1. The van der Waals surface area contributed by atoms with E-state index in [0.717, 1.165) is 37.2 Å². The molecule has 1 aliphatic rings. The molecule has 3 heterocycles. The average Bonchev–Trinajstić information content (AvgIpc) is 3.25. The van der Waals surface area contributed by atoms with Gasteiger partial charge in [0.2, 0.25) is 0 Å². The SMILES string of the molecule is CCCCc1csc(C(=O)N[C@H]2CCO[C@@H]2c2nccn2C)n1. The summed E-state index contributed by atoms with van der Waals surface area (Å²) in [5, 5.41) is 5.57. The molecular weight excluding hydrogens is 312 g/mol. The number of carbonyl (C=O) groups is 1. The summed E-state index contributed by atoms with van der Waals surface area (Å²) in [6, 6.07) is -0.0633. The molecule has 1 fully saturated rings. The minimum absolute atomic E-state index is 0.0633. The third-order valence-corrected chi connectivity index (χ3v) is 4.94. The lowest BCUT2D eigenvalue weighted by Gasteiger charge is -2.19. The first kappa shape index (κ1) is 16.1. The molecule has 6 nitrogen and oxygen atoms in total. The first-order valence-corrected chi connectivity index (χ1v) is 8.91. The number of aromatic nitrogens is 3. The molecule has 1 N–H and O–H groups in total. The molecule has 0 unspecified atom stereocenters. The number of aryl methyl sites for hydroxylation is 2. The van der Waals surface area contributed by atoms with E-state index in [1.165, 1.54) is 11.3 Å². The zero-order valence-electron chi connectivity index (χ0n) is 13.5. The van der Waals surface area contributed by atoms with E-state index in [1.54, 1.807) is 6.20 Å².